The Bertz CT molecular complexity index is 838. The number of benzene rings is 2. The molecule has 0 amide bonds. The summed E-state index contributed by atoms with van der Waals surface area (Å²) < 4.78 is 0. The van der Waals surface area contributed by atoms with Gasteiger partial charge in [-0.15, -0.1) is 22.7 Å². The predicted molar refractivity (Wildman–Crippen MR) is 104 cm³/mol. The van der Waals surface area contributed by atoms with Gasteiger partial charge in [-0.1, -0.05) is 60.7 Å². The minimum absolute atomic E-state index is 0.957. The second kappa shape index (κ2) is 8.52. The van der Waals surface area contributed by atoms with E-state index in [0.29, 0.717) is 0 Å². The van der Waals surface area contributed by atoms with Gasteiger partial charge in [0, 0.05) is 28.4 Å². The lowest BCUT2D eigenvalue weighted by molar-refractivity contribution is 1.14. The Morgan fingerprint density at radius 2 is 1.54 bits per heavy atom. The molecule has 0 saturated heterocycles. The van der Waals surface area contributed by atoms with Gasteiger partial charge in [-0.3, -0.25) is 0 Å². The third-order valence-corrected chi connectivity index (χ3v) is 5.01. The smallest absolute Gasteiger partial charge is 0.0968 e. The molecule has 0 aliphatic rings. The number of hydrogen-bond donors (Lipinski definition) is 0. The van der Waals surface area contributed by atoms with Crippen LogP contribution < -0.4 is 0 Å². The Hall–Kier alpha value is -2.30. The summed E-state index contributed by atoms with van der Waals surface area (Å²) in [5.74, 6) is 0. The van der Waals surface area contributed by atoms with Crippen molar-refractivity contribution >= 4 is 22.7 Å². The second-order valence-electron chi connectivity index (χ2n) is 5.21. The van der Waals surface area contributed by atoms with Crippen molar-refractivity contribution in [1.82, 2.24) is 9.97 Å². The molecule has 0 spiro atoms. The van der Waals surface area contributed by atoms with Crippen molar-refractivity contribution in [2.24, 2.45) is 0 Å². The fourth-order valence-corrected chi connectivity index (χ4v) is 3.54. The summed E-state index contributed by atoms with van der Waals surface area (Å²) in [4.78, 5) is 9.81. The van der Waals surface area contributed by atoms with Crippen LogP contribution in [0.25, 0.3) is 11.3 Å². The van der Waals surface area contributed by atoms with E-state index in [1.807, 2.05) is 41.4 Å². The maximum absolute atomic E-state index is 4.30. The van der Waals surface area contributed by atoms with E-state index >= 15 is 0 Å². The summed E-state index contributed by atoms with van der Waals surface area (Å²) >= 11 is 3.39. The van der Waals surface area contributed by atoms with E-state index in [0.717, 1.165) is 12.1 Å². The van der Waals surface area contributed by atoms with Crippen molar-refractivity contribution in [2.75, 3.05) is 0 Å². The van der Waals surface area contributed by atoms with Gasteiger partial charge in [0.1, 0.15) is 0 Å². The van der Waals surface area contributed by atoms with Gasteiger partial charge >= 0.3 is 0 Å². The summed E-state index contributed by atoms with van der Waals surface area (Å²) in [6.07, 6.45) is 2.81. The maximum Gasteiger partial charge on any atom is 0.0968 e. The average molecular weight is 351 g/mol. The molecular weight excluding hydrogens is 332 g/mol. The molecule has 2 aromatic carbocycles. The van der Waals surface area contributed by atoms with Crippen molar-refractivity contribution in [3.05, 3.63) is 93.2 Å². The summed E-state index contributed by atoms with van der Waals surface area (Å²) in [7, 11) is 0. The molecule has 0 atom stereocenters. The molecule has 120 valence electrons. The van der Waals surface area contributed by atoms with E-state index in [2.05, 4.69) is 53.3 Å². The molecule has 2 heterocycles. The highest BCUT2D eigenvalue weighted by Gasteiger charge is 2.02. The third kappa shape index (κ3) is 4.60. The van der Waals surface area contributed by atoms with Crippen LogP contribution >= 0.6 is 22.7 Å². The molecule has 4 heteroatoms. The lowest BCUT2D eigenvalue weighted by Crippen LogP contribution is -1.84. The van der Waals surface area contributed by atoms with Crippen molar-refractivity contribution < 1.29 is 0 Å². The maximum atomic E-state index is 4.30. The number of rotatable bonds is 3. The van der Waals surface area contributed by atoms with E-state index in [1.165, 1.54) is 21.0 Å². The fourth-order valence-electron chi connectivity index (χ4n) is 2.29. The molecule has 0 bridgehead atoms. The van der Waals surface area contributed by atoms with Gasteiger partial charge in [0.05, 0.1) is 16.2 Å². The second-order valence-corrected chi connectivity index (χ2v) is 7.25. The molecule has 2 aromatic heterocycles. The zero-order valence-electron chi connectivity index (χ0n) is 13.4. The molecule has 0 fully saturated rings. The predicted octanol–water partition coefficient (Wildman–Crippen LogP) is 5.85. The third-order valence-electron chi connectivity index (χ3n) is 3.47. The number of nitrogens with zero attached hydrogens (tertiary/aromatic N) is 2. The first kappa shape index (κ1) is 16.6. The molecular formula is C20H18N2S2. The zero-order chi connectivity index (χ0) is 16.6. The summed E-state index contributed by atoms with van der Waals surface area (Å²) in [6.45, 7) is 2.10. The van der Waals surface area contributed by atoms with Crippen LogP contribution in [0.2, 0.25) is 0 Å². The lowest BCUT2D eigenvalue weighted by Gasteiger charge is -1.96. The van der Waals surface area contributed by atoms with E-state index < -0.39 is 0 Å². The number of thiazole rings is 2. The van der Waals surface area contributed by atoms with Crippen LogP contribution in [-0.2, 0) is 6.42 Å². The first-order valence-electron chi connectivity index (χ1n) is 7.71. The Kier molecular flexibility index (Phi) is 5.88. The van der Waals surface area contributed by atoms with Gasteiger partial charge in [0.15, 0.2) is 0 Å². The monoisotopic (exact) mass is 350 g/mol. The van der Waals surface area contributed by atoms with Crippen LogP contribution in [0, 0.1) is 6.92 Å². The number of hydrogen-bond acceptors (Lipinski definition) is 4. The molecule has 2 nitrogen and oxygen atoms in total. The fraction of sp³-hybridized carbons (Fsp3) is 0.100. The molecule has 24 heavy (non-hydrogen) atoms. The zero-order valence-corrected chi connectivity index (χ0v) is 15.1. The highest BCUT2D eigenvalue weighted by Crippen LogP contribution is 2.23. The minimum atomic E-state index is 0.957. The van der Waals surface area contributed by atoms with Gasteiger partial charge in [-0.2, -0.15) is 0 Å². The lowest BCUT2D eigenvalue weighted by atomic mass is 10.1. The first-order valence-corrected chi connectivity index (χ1v) is 9.46. The van der Waals surface area contributed by atoms with Gasteiger partial charge in [-0.05, 0) is 12.5 Å². The summed E-state index contributed by atoms with van der Waals surface area (Å²) in [5.41, 5.74) is 5.53. The molecule has 0 aliphatic heterocycles. The number of aromatic nitrogens is 2. The van der Waals surface area contributed by atoms with Crippen LogP contribution in [-0.4, -0.2) is 9.97 Å². The van der Waals surface area contributed by atoms with Crippen molar-refractivity contribution in [2.45, 2.75) is 13.3 Å². The van der Waals surface area contributed by atoms with Crippen LogP contribution in [0.4, 0.5) is 0 Å². The molecule has 0 N–H and O–H groups in total. The highest BCUT2D eigenvalue weighted by molar-refractivity contribution is 7.10. The topological polar surface area (TPSA) is 25.8 Å². The number of aryl methyl sites for hydroxylation is 1. The van der Waals surface area contributed by atoms with E-state index in [-0.39, 0.29) is 0 Å². The highest BCUT2D eigenvalue weighted by atomic mass is 32.1. The molecule has 4 rings (SSSR count). The van der Waals surface area contributed by atoms with Crippen molar-refractivity contribution in [3.63, 3.8) is 0 Å². The van der Waals surface area contributed by atoms with Crippen molar-refractivity contribution in [1.29, 1.82) is 0 Å². The van der Waals surface area contributed by atoms with Gasteiger partial charge < -0.3 is 0 Å². The Morgan fingerprint density at radius 1 is 0.833 bits per heavy atom. The SMILES string of the molecule is Cc1scnc1-c1ccccc1.c1ccc(Cc2nccs2)cc1. The molecule has 4 aromatic rings. The van der Waals surface area contributed by atoms with E-state index in [4.69, 9.17) is 0 Å². The van der Waals surface area contributed by atoms with Gasteiger partial charge in [0.2, 0.25) is 0 Å². The largest absolute Gasteiger partial charge is 0.249 e. The Labute approximate surface area is 150 Å². The van der Waals surface area contributed by atoms with Crippen LogP contribution in [0.5, 0.6) is 0 Å². The minimum Gasteiger partial charge on any atom is -0.249 e. The van der Waals surface area contributed by atoms with Crippen LogP contribution in [0.3, 0.4) is 0 Å². The summed E-state index contributed by atoms with van der Waals surface area (Å²) in [6, 6.07) is 20.7. The Morgan fingerprint density at radius 3 is 2.12 bits per heavy atom. The van der Waals surface area contributed by atoms with E-state index in [1.54, 1.807) is 22.7 Å². The first-order chi connectivity index (χ1) is 11.8. The van der Waals surface area contributed by atoms with Gasteiger partial charge in [0.25, 0.3) is 0 Å². The van der Waals surface area contributed by atoms with E-state index in [9.17, 15) is 0 Å². The van der Waals surface area contributed by atoms with Crippen LogP contribution in [0.1, 0.15) is 15.4 Å². The Balaban J connectivity index is 0.000000141. The van der Waals surface area contributed by atoms with Crippen LogP contribution in [0.15, 0.2) is 77.8 Å². The molecule has 0 unspecified atom stereocenters. The van der Waals surface area contributed by atoms with Crippen molar-refractivity contribution in [3.8, 4) is 11.3 Å². The average Bonchev–Trinajstić information content (AvgIpc) is 3.29. The standard InChI is InChI=1S/2C10H9NS/c1-8-10(11-7-12-8)9-5-3-2-4-6-9;1-2-4-9(5-3-1)8-10-11-6-7-12-10/h2-7H,1H3;1-7H,8H2. The molecule has 0 radical (unpaired) electrons. The molecule has 0 aliphatic carbocycles. The quantitative estimate of drug-likeness (QED) is 0.463. The van der Waals surface area contributed by atoms with Gasteiger partial charge in [-0.25, -0.2) is 9.97 Å². The molecule has 0 saturated carbocycles. The normalized spacial score (nSPS) is 10.0. The summed E-state index contributed by atoms with van der Waals surface area (Å²) in [5, 5.41) is 3.19.